The lowest BCUT2D eigenvalue weighted by molar-refractivity contribution is 0.0697. The van der Waals surface area contributed by atoms with Gasteiger partial charge in [-0.3, -0.25) is 0 Å². The molecule has 0 fully saturated rings. The maximum absolute atomic E-state index is 13.6. The Labute approximate surface area is 216 Å². The molecule has 0 radical (unpaired) electrons. The summed E-state index contributed by atoms with van der Waals surface area (Å²) in [6.07, 6.45) is 3.43. The van der Waals surface area contributed by atoms with E-state index in [4.69, 9.17) is 11.6 Å². The number of carbonyl (C=O) groups is 1. The van der Waals surface area contributed by atoms with Gasteiger partial charge in [0.05, 0.1) is 22.5 Å². The summed E-state index contributed by atoms with van der Waals surface area (Å²) in [5, 5.41) is 10.3. The Morgan fingerprint density at radius 1 is 1.00 bits per heavy atom. The zero-order valence-corrected chi connectivity index (χ0v) is 21.6. The fourth-order valence-electron chi connectivity index (χ4n) is 4.01. The number of carboxylic acids is 1. The Bertz CT molecular complexity index is 1580. The molecular weight excluding hydrogens is 494 g/mol. The first kappa shape index (κ1) is 25.5. The molecule has 0 aliphatic heterocycles. The first-order chi connectivity index (χ1) is 17.1. The van der Waals surface area contributed by atoms with Gasteiger partial charge in [-0.2, -0.15) is 0 Å². The fraction of sp³-hybridized carbons (Fsp3) is 0.138. The normalized spacial score (nSPS) is 12.0. The highest BCUT2D eigenvalue weighted by atomic mass is 35.5. The molecule has 4 rings (SSSR count). The van der Waals surface area contributed by atoms with Gasteiger partial charge in [-0.1, -0.05) is 80.6 Å². The van der Waals surface area contributed by atoms with Gasteiger partial charge < -0.3 is 5.11 Å². The quantitative estimate of drug-likeness (QED) is 0.270. The van der Waals surface area contributed by atoms with Crippen LogP contribution in [-0.4, -0.2) is 29.2 Å². The SMILES string of the molecule is C=C(c1ccc(C(=O)O)cc1)c1cc2cc(Cl)ccc2n1S(=O)(=O)CC=Cc1ccc(C(C)C)cc1. The van der Waals surface area contributed by atoms with Crippen LogP contribution in [0.15, 0.2) is 85.5 Å². The van der Waals surface area contributed by atoms with Crippen molar-refractivity contribution in [2.45, 2.75) is 19.8 Å². The van der Waals surface area contributed by atoms with Crippen LogP contribution in [0, 0.1) is 0 Å². The predicted molar refractivity (Wildman–Crippen MR) is 147 cm³/mol. The highest BCUT2D eigenvalue weighted by Gasteiger charge is 2.22. The average Bonchev–Trinajstić information content (AvgIpc) is 3.23. The summed E-state index contributed by atoms with van der Waals surface area (Å²) in [5.74, 6) is -0.835. The first-order valence-electron chi connectivity index (χ1n) is 11.4. The molecule has 0 saturated heterocycles. The maximum Gasteiger partial charge on any atom is 0.335 e. The van der Waals surface area contributed by atoms with Crippen molar-refractivity contribution < 1.29 is 18.3 Å². The largest absolute Gasteiger partial charge is 0.478 e. The van der Waals surface area contributed by atoms with E-state index in [0.717, 1.165) is 5.56 Å². The van der Waals surface area contributed by atoms with Gasteiger partial charge in [0.1, 0.15) is 0 Å². The van der Waals surface area contributed by atoms with Crippen molar-refractivity contribution in [3.05, 3.63) is 118 Å². The topological polar surface area (TPSA) is 76.4 Å². The number of hydrogen-bond donors (Lipinski definition) is 1. The van der Waals surface area contributed by atoms with Gasteiger partial charge in [-0.15, -0.1) is 0 Å². The van der Waals surface area contributed by atoms with Crippen LogP contribution in [0.1, 0.15) is 52.5 Å². The molecule has 0 spiro atoms. The molecule has 0 saturated carbocycles. The van der Waals surface area contributed by atoms with Crippen LogP contribution in [0.2, 0.25) is 5.02 Å². The summed E-state index contributed by atoms with van der Waals surface area (Å²) < 4.78 is 28.5. The summed E-state index contributed by atoms with van der Waals surface area (Å²) in [7, 11) is -3.82. The third kappa shape index (κ3) is 5.30. The Morgan fingerprint density at radius 2 is 1.64 bits per heavy atom. The van der Waals surface area contributed by atoms with E-state index in [1.54, 1.807) is 48.6 Å². The molecule has 0 amide bonds. The van der Waals surface area contributed by atoms with Crippen LogP contribution in [0.5, 0.6) is 0 Å². The highest BCUT2D eigenvalue weighted by molar-refractivity contribution is 7.90. The molecule has 0 aliphatic carbocycles. The minimum absolute atomic E-state index is 0.137. The molecule has 7 heteroatoms. The molecule has 1 heterocycles. The van der Waals surface area contributed by atoms with Gasteiger partial charge in [0.25, 0.3) is 0 Å². The molecule has 1 N–H and O–H groups in total. The summed E-state index contributed by atoms with van der Waals surface area (Å²) in [5.41, 5.74) is 4.23. The number of fused-ring (bicyclic) bond motifs is 1. The lowest BCUT2D eigenvalue weighted by Gasteiger charge is -2.13. The second kappa shape index (κ2) is 10.2. The number of rotatable bonds is 8. The number of aromatic carboxylic acids is 1. The van der Waals surface area contributed by atoms with E-state index in [9.17, 15) is 18.3 Å². The van der Waals surface area contributed by atoms with Gasteiger partial charge in [0.2, 0.25) is 10.0 Å². The number of benzene rings is 3. The summed E-state index contributed by atoms with van der Waals surface area (Å²) in [6, 6.07) is 21.0. The predicted octanol–water partition coefficient (Wildman–Crippen LogP) is 7.07. The molecule has 1 aromatic heterocycles. The van der Waals surface area contributed by atoms with E-state index in [2.05, 4.69) is 20.4 Å². The van der Waals surface area contributed by atoms with Gasteiger partial charge in [-0.05, 0) is 64.6 Å². The van der Waals surface area contributed by atoms with Gasteiger partial charge >= 0.3 is 5.97 Å². The molecule has 4 aromatic rings. The maximum atomic E-state index is 13.6. The molecule has 3 aromatic carbocycles. The number of halogens is 1. The van der Waals surface area contributed by atoms with Crippen molar-refractivity contribution in [2.75, 3.05) is 5.75 Å². The molecule has 5 nitrogen and oxygen atoms in total. The van der Waals surface area contributed by atoms with Gasteiger partial charge in [0, 0.05) is 10.4 Å². The van der Waals surface area contributed by atoms with Crippen molar-refractivity contribution in [1.29, 1.82) is 0 Å². The van der Waals surface area contributed by atoms with Crippen LogP contribution >= 0.6 is 11.6 Å². The third-order valence-corrected chi connectivity index (χ3v) is 7.81. The van der Waals surface area contributed by atoms with Crippen LogP contribution in [0.25, 0.3) is 22.6 Å². The standard InChI is InChI=1S/C29H26ClNO4S/c1-19(2)22-8-6-21(7-9-22)5-4-16-36(34,35)31-27-15-14-26(30)17-25(27)18-28(31)20(3)23-10-12-24(13-11-23)29(32)33/h4-15,17-19H,3,16H2,1-2H3,(H,32,33). The lowest BCUT2D eigenvalue weighted by atomic mass is 10.0. The molecule has 184 valence electrons. The molecule has 0 unspecified atom stereocenters. The highest BCUT2D eigenvalue weighted by Crippen LogP contribution is 2.32. The van der Waals surface area contributed by atoms with Gasteiger partial charge in [-0.25, -0.2) is 17.2 Å². The molecule has 36 heavy (non-hydrogen) atoms. The Morgan fingerprint density at radius 3 is 2.25 bits per heavy atom. The van der Waals surface area contributed by atoms with E-state index in [0.29, 0.717) is 38.7 Å². The zero-order valence-electron chi connectivity index (χ0n) is 20.0. The lowest BCUT2D eigenvalue weighted by Crippen LogP contribution is -2.17. The van der Waals surface area contributed by atoms with E-state index < -0.39 is 16.0 Å². The van der Waals surface area contributed by atoms with Crippen molar-refractivity contribution in [1.82, 2.24) is 3.97 Å². The number of aromatic nitrogens is 1. The van der Waals surface area contributed by atoms with E-state index in [-0.39, 0.29) is 11.3 Å². The average molecular weight is 520 g/mol. The van der Waals surface area contributed by atoms with Crippen molar-refractivity contribution >= 4 is 50.1 Å². The summed E-state index contributed by atoms with van der Waals surface area (Å²) in [6.45, 7) is 8.37. The number of nitrogens with zero attached hydrogens (tertiary/aromatic N) is 1. The van der Waals surface area contributed by atoms with E-state index in [1.165, 1.54) is 21.7 Å². The fourth-order valence-corrected chi connectivity index (χ4v) is 5.60. The second-order valence-corrected chi connectivity index (χ2v) is 11.2. The molecular formula is C29H26ClNO4S. The smallest absolute Gasteiger partial charge is 0.335 e. The Hall–Kier alpha value is -3.61. The molecule has 0 aliphatic rings. The van der Waals surface area contributed by atoms with E-state index in [1.807, 2.05) is 24.3 Å². The Balaban J connectivity index is 1.71. The van der Waals surface area contributed by atoms with Crippen molar-refractivity contribution in [2.24, 2.45) is 0 Å². The number of hydrogen-bond acceptors (Lipinski definition) is 3. The minimum Gasteiger partial charge on any atom is -0.478 e. The van der Waals surface area contributed by atoms with Crippen LogP contribution in [0.3, 0.4) is 0 Å². The molecule has 0 bridgehead atoms. The van der Waals surface area contributed by atoms with Crippen LogP contribution in [0.4, 0.5) is 0 Å². The first-order valence-corrected chi connectivity index (χ1v) is 13.4. The van der Waals surface area contributed by atoms with Crippen molar-refractivity contribution in [3.8, 4) is 0 Å². The van der Waals surface area contributed by atoms with Crippen molar-refractivity contribution in [3.63, 3.8) is 0 Å². The zero-order chi connectivity index (χ0) is 26.0. The van der Waals surface area contributed by atoms with E-state index >= 15 is 0 Å². The minimum atomic E-state index is -3.82. The summed E-state index contributed by atoms with van der Waals surface area (Å²) in [4.78, 5) is 11.2. The monoisotopic (exact) mass is 519 g/mol. The second-order valence-electron chi connectivity index (χ2n) is 8.86. The molecule has 0 atom stereocenters. The Kier molecular flexibility index (Phi) is 7.20. The number of carboxylic acid groups (broad SMARTS) is 1. The van der Waals surface area contributed by atoms with Crippen LogP contribution < -0.4 is 0 Å². The van der Waals surface area contributed by atoms with Gasteiger partial charge in [0.15, 0.2) is 0 Å². The van der Waals surface area contributed by atoms with Crippen LogP contribution in [-0.2, 0) is 10.0 Å². The third-order valence-electron chi connectivity index (χ3n) is 6.01. The summed E-state index contributed by atoms with van der Waals surface area (Å²) >= 11 is 6.17.